The second-order valence-electron chi connectivity index (χ2n) is 5.99. The molecule has 0 bridgehead atoms. The van der Waals surface area contributed by atoms with Crippen LogP contribution in [0.4, 0.5) is 5.69 Å². The van der Waals surface area contributed by atoms with E-state index in [1.807, 2.05) is 30.3 Å². The fourth-order valence-electron chi connectivity index (χ4n) is 3.17. The molecule has 0 N–H and O–H groups in total. The molecule has 1 saturated heterocycles. The van der Waals surface area contributed by atoms with Gasteiger partial charge in [0.25, 0.3) is 0 Å². The van der Waals surface area contributed by atoms with E-state index in [0.29, 0.717) is 10.9 Å². The summed E-state index contributed by atoms with van der Waals surface area (Å²) in [7, 11) is 0. The number of hydrogen-bond donors (Lipinski definition) is 0. The minimum Gasteiger partial charge on any atom is -0.364 e. The van der Waals surface area contributed by atoms with Gasteiger partial charge < -0.3 is 4.90 Å². The predicted molar refractivity (Wildman–Crippen MR) is 96.4 cm³/mol. The van der Waals surface area contributed by atoms with Crippen molar-refractivity contribution >= 4 is 40.5 Å². The summed E-state index contributed by atoms with van der Waals surface area (Å²) in [6, 6.07) is 14.1. The summed E-state index contributed by atoms with van der Waals surface area (Å²) < 4.78 is 0. The van der Waals surface area contributed by atoms with Crippen LogP contribution in [-0.2, 0) is 0 Å². The quantitative estimate of drug-likeness (QED) is 0.585. The number of nitrogens with zero attached hydrogens (tertiary/aromatic N) is 1. The highest BCUT2D eigenvalue weighted by molar-refractivity contribution is 6.35. The van der Waals surface area contributed by atoms with Crippen LogP contribution in [0.3, 0.4) is 0 Å². The fraction of sp³-hybridized carbons (Fsp3) is 0.333. The van der Waals surface area contributed by atoms with Crippen molar-refractivity contribution in [1.82, 2.24) is 0 Å². The molecule has 0 radical (unpaired) electrons. The average Bonchev–Trinajstić information content (AvgIpc) is 2.49. The molecule has 1 aliphatic heterocycles. The van der Waals surface area contributed by atoms with Gasteiger partial charge >= 0.3 is 0 Å². The summed E-state index contributed by atoms with van der Waals surface area (Å²) in [5.41, 5.74) is 2.33. The Labute approximate surface area is 146 Å². The topological polar surface area (TPSA) is 3.24 Å². The maximum absolute atomic E-state index is 6.45. The lowest BCUT2D eigenvalue weighted by Gasteiger charge is -2.41. The smallest absolute Gasteiger partial charge is 0.0557 e. The Morgan fingerprint density at radius 3 is 2.27 bits per heavy atom. The third-order valence-electron chi connectivity index (χ3n) is 4.30. The lowest BCUT2D eigenvalue weighted by molar-refractivity contribution is 0.382. The normalized spacial score (nSPS) is 21.9. The fourth-order valence-corrected chi connectivity index (χ4v) is 3.83. The minimum atomic E-state index is 0.280. The standard InChI is InChI=1S/C18H18Cl3N/c1-12-2-9-18(16-8-5-14(20)10-17(16)21)22(11-12)15-6-3-13(19)4-7-15/h3-8,10,12,18H,2,9,11H2,1H3/t12-,18+/m1/s1. The highest BCUT2D eigenvalue weighted by Crippen LogP contribution is 2.40. The second kappa shape index (κ2) is 6.70. The largest absolute Gasteiger partial charge is 0.364 e. The summed E-state index contributed by atoms with van der Waals surface area (Å²) in [5.74, 6) is 0.665. The molecular formula is C18H18Cl3N. The molecule has 22 heavy (non-hydrogen) atoms. The Balaban J connectivity index is 1.98. The van der Waals surface area contributed by atoms with Gasteiger partial charge in [-0.3, -0.25) is 0 Å². The summed E-state index contributed by atoms with van der Waals surface area (Å²) in [5, 5.41) is 2.18. The van der Waals surface area contributed by atoms with Crippen LogP contribution in [0.15, 0.2) is 42.5 Å². The summed E-state index contributed by atoms with van der Waals surface area (Å²) in [4.78, 5) is 2.43. The van der Waals surface area contributed by atoms with Crippen molar-refractivity contribution < 1.29 is 0 Å². The van der Waals surface area contributed by atoms with Crippen LogP contribution in [0, 0.1) is 5.92 Å². The first kappa shape index (κ1) is 16.0. The number of rotatable bonds is 2. The molecule has 1 aliphatic rings. The van der Waals surface area contributed by atoms with Gasteiger partial charge in [0.1, 0.15) is 0 Å². The van der Waals surface area contributed by atoms with E-state index >= 15 is 0 Å². The zero-order valence-electron chi connectivity index (χ0n) is 12.4. The zero-order valence-corrected chi connectivity index (χ0v) is 14.7. The van der Waals surface area contributed by atoms with E-state index in [-0.39, 0.29) is 6.04 Å². The Bertz CT molecular complexity index is 654. The molecule has 0 saturated carbocycles. The van der Waals surface area contributed by atoms with Crippen molar-refractivity contribution in [2.75, 3.05) is 11.4 Å². The maximum Gasteiger partial charge on any atom is 0.0557 e. The first-order valence-corrected chi connectivity index (χ1v) is 8.65. The summed E-state index contributed by atoms with van der Waals surface area (Å²) in [6.07, 6.45) is 2.29. The molecule has 0 aliphatic carbocycles. The van der Waals surface area contributed by atoms with Crippen LogP contribution in [0.25, 0.3) is 0 Å². The minimum absolute atomic E-state index is 0.280. The van der Waals surface area contributed by atoms with Gasteiger partial charge in [-0.1, -0.05) is 47.8 Å². The molecule has 0 spiro atoms. The number of hydrogen-bond acceptors (Lipinski definition) is 1. The van der Waals surface area contributed by atoms with Gasteiger partial charge in [-0.25, -0.2) is 0 Å². The van der Waals surface area contributed by atoms with Crippen LogP contribution in [0.2, 0.25) is 15.1 Å². The zero-order chi connectivity index (χ0) is 15.7. The first-order chi connectivity index (χ1) is 10.5. The molecule has 2 aromatic carbocycles. The monoisotopic (exact) mass is 353 g/mol. The highest BCUT2D eigenvalue weighted by atomic mass is 35.5. The van der Waals surface area contributed by atoms with Crippen molar-refractivity contribution in [2.24, 2.45) is 5.92 Å². The predicted octanol–water partition coefficient (Wildman–Crippen LogP) is 6.62. The first-order valence-electron chi connectivity index (χ1n) is 7.52. The lowest BCUT2D eigenvalue weighted by atomic mass is 9.89. The van der Waals surface area contributed by atoms with Gasteiger partial charge in [-0.15, -0.1) is 0 Å². The van der Waals surface area contributed by atoms with Gasteiger partial charge in [0.2, 0.25) is 0 Å². The van der Waals surface area contributed by atoms with E-state index < -0.39 is 0 Å². The van der Waals surface area contributed by atoms with Gasteiger partial charge in [-0.05, 0) is 60.7 Å². The lowest BCUT2D eigenvalue weighted by Crippen LogP contribution is -2.37. The molecule has 4 heteroatoms. The average molecular weight is 355 g/mol. The third kappa shape index (κ3) is 3.37. The van der Waals surface area contributed by atoms with Crippen LogP contribution in [0.1, 0.15) is 31.4 Å². The molecule has 0 aromatic heterocycles. The Kier molecular flexibility index (Phi) is 4.87. The molecule has 1 heterocycles. The van der Waals surface area contributed by atoms with Crippen molar-refractivity contribution in [1.29, 1.82) is 0 Å². The molecule has 2 atom stereocenters. The van der Waals surface area contributed by atoms with Gasteiger partial charge in [0.15, 0.2) is 0 Å². The number of anilines is 1. The van der Waals surface area contributed by atoms with E-state index in [0.717, 1.165) is 28.6 Å². The van der Waals surface area contributed by atoms with Crippen LogP contribution < -0.4 is 4.90 Å². The van der Waals surface area contributed by atoms with Gasteiger partial charge in [-0.2, -0.15) is 0 Å². The van der Waals surface area contributed by atoms with E-state index in [2.05, 4.69) is 24.0 Å². The van der Waals surface area contributed by atoms with E-state index in [1.54, 1.807) is 0 Å². The Morgan fingerprint density at radius 2 is 1.59 bits per heavy atom. The van der Waals surface area contributed by atoms with Crippen molar-refractivity contribution in [2.45, 2.75) is 25.8 Å². The van der Waals surface area contributed by atoms with Crippen molar-refractivity contribution in [3.8, 4) is 0 Å². The summed E-state index contributed by atoms with van der Waals surface area (Å²) >= 11 is 18.5. The molecule has 3 rings (SSSR count). The molecule has 1 nitrogen and oxygen atoms in total. The molecule has 0 unspecified atom stereocenters. The SMILES string of the molecule is C[C@@H]1CC[C@@H](c2ccc(Cl)cc2Cl)N(c2ccc(Cl)cc2)C1. The number of piperidine rings is 1. The summed E-state index contributed by atoms with van der Waals surface area (Å²) in [6.45, 7) is 3.31. The Hall–Kier alpha value is -0.890. The van der Waals surface area contributed by atoms with Crippen molar-refractivity contribution in [3.63, 3.8) is 0 Å². The maximum atomic E-state index is 6.45. The molecule has 2 aromatic rings. The second-order valence-corrected chi connectivity index (χ2v) is 7.27. The van der Waals surface area contributed by atoms with Crippen LogP contribution >= 0.6 is 34.8 Å². The number of benzene rings is 2. The number of halogens is 3. The molecule has 116 valence electrons. The molecular weight excluding hydrogens is 337 g/mol. The van der Waals surface area contributed by atoms with Gasteiger partial charge in [0.05, 0.1) is 6.04 Å². The van der Waals surface area contributed by atoms with E-state index in [4.69, 9.17) is 34.8 Å². The van der Waals surface area contributed by atoms with E-state index in [9.17, 15) is 0 Å². The van der Waals surface area contributed by atoms with Gasteiger partial charge in [0, 0.05) is 27.3 Å². The van der Waals surface area contributed by atoms with Crippen molar-refractivity contribution in [3.05, 3.63) is 63.1 Å². The van der Waals surface area contributed by atoms with E-state index in [1.165, 1.54) is 12.1 Å². The third-order valence-corrected chi connectivity index (χ3v) is 5.11. The highest BCUT2D eigenvalue weighted by Gasteiger charge is 2.29. The molecule has 1 fully saturated rings. The van der Waals surface area contributed by atoms with Crippen LogP contribution in [-0.4, -0.2) is 6.54 Å². The molecule has 0 amide bonds. The Morgan fingerprint density at radius 1 is 0.909 bits per heavy atom. The van der Waals surface area contributed by atoms with Crippen LogP contribution in [0.5, 0.6) is 0 Å².